The normalized spacial score (nSPS) is 12.8. The van der Waals surface area contributed by atoms with Crippen LogP contribution >= 0.6 is 22.7 Å². The summed E-state index contributed by atoms with van der Waals surface area (Å²) >= 11 is 3.00. The van der Waals surface area contributed by atoms with Crippen molar-refractivity contribution in [3.63, 3.8) is 0 Å². The molecule has 5 rings (SSSR count). The first-order chi connectivity index (χ1) is 17.5. The molecule has 8 heteroatoms. The van der Waals surface area contributed by atoms with Gasteiger partial charge in [-0.3, -0.25) is 9.59 Å². The van der Waals surface area contributed by atoms with Crippen molar-refractivity contribution in [2.24, 2.45) is 5.92 Å². The van der Waals surface area contributed by atoms with Crippen molar-refractivity contribution in [2.45, 2.75) is 19.6 Å². The van der Waals surface area contributed by atoms with Crippen LogP contribution in [-0.2, 0) is 25.7 Å². The molecule has 3 aromatic carbocycles. The van der Waals surface area contributed by atoms with Crippen LogP contribution < -0.4 is 5.32 Å². The van der Waals surface area contributed by atoms with E-state index in [2.05, 4.69) is 11.4 Å². The van der Waals surface area contributed by atoms with Crippen LogP contribution in [0.25, 0.3) is 20.3 Å². The Bertz CT molecular complexity index is 1490. The van der Waals surface area contributed by atoms with Gasteiger partial charge in [0, 0.05) is 9.58 Å². The van der Waals surface area contributed by atoms with Gasteiger partial charge in [0.25, 0.3) is 0 Å². The SMILES string of the molecule is COC(=O)C(C(=O)OCc1ccccc1)[C@H](Nc1nc2ccc(C)cc2s1)c1cc2ccccc2s1. The Morgan fingerprint density at radius 3 is 2.47 bits per heavy atom. The highest BCUT2D eigenvalue weighted by atomic mass is 32.1. The molecule has 0 aliphatic carbocycles. The summed E-state index contributed by atoms with van der Waals surface area (Å²) in [5, 5.41) is 5.02. The maximum atomic E-state index is 13.4. The summed E-state index contributed by atoms with van der Waals surface area (Å²) in [7, 11) is 1.28. The molecule has 2 atom stereocenters. The molecule has 1 unspecified atom stereocenters. The summed E-state index contributed by atoms with van der Waals surface area (Å²) in [6.45, 7) is 2.09. The topological polar surface area (TPSA) is 77.5 Å². The number of fused-ring (bicyclic) bond motifs is 2. The number of carbonyl (C=O) groups is 2. The van der Waals surface area contributed by atoms with E-state index in [1.165, 1.54) is 29.8 Å². The second-order valence-electron chi connectivity index (χ2n) is 8.39. The second-order valence-corrected chi connectivity index (χ2v) is 10.5. The van der Waals surface area contributed by atoms with Crippen molar-refractivity contribution in [1.29, 1.82) is 0 Å². The number of hydrogen-bond acceptors (Lipinski definition) is 8. The van der Waals surface area contributed by atoms with Gasteiger partial charge in [0.2, 0.25) is 0 Å². The Morgan fingerprint density at radius 2 is 1.69 bits per heavy atom. The predicted octanol–water partition coefficient (Wildman–Crippen LogP) is 6.51. The molecular formula is C28H24N2O4S2. The highest BCUT2D eigenvalue weighted by molar-refractivity contribution is 7.22. The summed E-state index contributed by atoms with van der Waals surface area (Å²) < 4.78 is 12.8. The standard InChI is InChI=1S/C28H24N2O4S2/c1-17-12-13-20-22(14-17)36-28(29-20)30-25(23-15-19-10-6-7-11-21(19)35-23)24(26(31)33-2)27(32)34-16-18-8-4-3-5-9-18/h3-15,24-25H,16H2,1-2H3,(H,29,30)/t24?,25-/m1/s1. The number of benzene rings is 3. The molecule has 2 aromatic heterocycles. The Labute approximate surface area is 216 Å². The van der Waals surface area contributed by atoms with Gasteiger partial charge >= 0.3 is 11.9 Å². The number of hydrogen-bond donors (Lipinski definition) is 1. The van der Waals surface area contributed by atoms with Gasteiger partial charge in [-0.05, 0) is 47.7 Å². The molecule has 2 heterocycles. The Balaban J connectivity index is 1.52. The van der Waals surface area contributed by atoms with E-state index in [1.807, 2.05) is 79.7 Å². The molecule has 1 N–H and O–H groups in total. The molecule has 6 nitrogen and oxygen atoms in total. The monoisotopic (exact) mass is 516 g/mol. The predicted molar refractivity (Wildman–Crippen MR) is 144 cm³/mol. The first-order valence-electron chi connectivity index (χ1n) is 11.4. The molecule has 0 amide bonds. The molecule has 5 aromatic rings. The van der Waals surface area contributed by atoms with E-state index in [-0.39, 0.29) is 6.61 Å². The lowest BCUT2D eigenvalue weighted by atomic mass is 9.98. The number of ether oxygens (including phenoxy) is 2. The van der Waals surface area contributed by atoms with Crippen molar-refractivity contribution in [3.8, 4) is 0 Å². The summed E-state index contributed by atoms with van der Waals surface area (Å²) in [6, 6.07) is 24.6. The zero-order valence-electron chi connectivity index (χ0n) is 19.8. The van der Waals surface area contributed by atoms with Crippen LogP contribution in [0.3, 0.4) is 0 Å². The smallest absolute Gasteiger partial charge is 0.323 e. The van der Waals surface area contributed by atoms with E-state index >= 15 is 0 Å². The molecule has 36 heavy (non-hydrogen) atoms. The van der Waals surface area contributed by atoms with Crippen molar-refractivity contribution in [2.75, 3.05) is 12.4 Å². The molecule has 0 fully saturated rings. The van der Waals surface area contributed by atoms with E-state index < -0.39 is 23.9 Å². The number of methoxy groups -OCH3 is 1. The van der Waals surface area contributed by atoms with Gasteiger partial charge in [0.15, 0.2) is 11.0 Å². The summed E-state index contributed by atoms with van der Waals surface area (Å²) in [5.74, 6) is -2.54. The maximum absolute atomic E-state index is 13.4. The van der Waals surface area contributed by atoms with Gasteiger partial charge in [0.05, 0.1) is 23.4 Å². The van der Waals surface area contributed by atoms with E-state index in [1.54, 1.807) is 0 Å². The maximum Gasteiger partial charge on any atom is 0.323 e. The van der Waals surface area contributed by atoms with Crippen molar-refractivity contribution in [3.05, 3.63) is 94.9 Å². The number of rotatable bonds is 8. The molecule has 0 aliphatic rings. The summed E-state index contributed by atoms with van der Waals surface area (Å²) in [6.07, 6.45) is 0. The minimum absolute atomic E-state index is 0.0622. The van der Waals surface area contributed by atoms with E-state index in [4.69, 9.17) is 14.5 Å². The van der Waals surface area contributed by atoms with Gasteiger partial charge in [0.1, 0.15) is 6.61 Å². The largest absolute Gasteiger partial charge is 0.468 e. The summed E-state index contributed by atoms with van der Waals surface area (Å²) in [4.78, 5) is 31.9. The Hall–Kier alpha value is -3.75. The van der Waals surface area contributed by atoms with Gasteiger partial charge in [-0.2, -0.15) is 0 Å². The fourth-order valence-corrected chi connectivity index (χ4v) is 6.17. The van der Waals surface area contributed by atoms with E-state index in [0.29, 0.717) is 5.13 Å². The van der Waals surface area contributed by atoms with Crippen LogP contribution in [0.5, 0.6) is 0 Å². The lowest BCUT2D eigenvalue weighted by Crippen LogP contribution is -2.36. The highest BCUT2D eigenvalue weighted by Crippen LogP contribution is 2.38. The Morgan fingerprint density at radius 1 is 0.917 bits per heavy atom. The van der Waals surface area contributed by atoms with Crippen molar-refractivity contribution >= 4 is 60.0 Å². The number of thiazole rings is 1. The molecule has 182 valence electrons. The average Bonchev–Trinajstić information content (AvgIpc) is 3.50. The lowest BCUT2D eigenvalue weighted by Gasteiger charge is -2.24. The van der Waals surface area contributed by atoms with Crippen LogP contribution in [0.15, 0.2) is 78.9 Å². The molecule has 0 saturated heterocycles. The second kappa shape index (κ2) is 10.5. The third kappa shape index (κ3) is 5.10. The third-order valence-electron chi connectivity index (χ3n) is 5.84. The van der Waals surface area contributed by atoms with Crippen LogP contribution in [0, 0.1) is 12.8 Å². The quantitative estimate of drug-likeness (QED) is 0.187. The molecule has 0 aliphatic heterocycles. The molecular weight excluding hydrogens is 492 g/mol. The van der Waals surface area contributed by atoms with Gasteiger partial charge in [-0.1, -0.05) is 65.9 Å². The Kier molecular flexibility index (Phi) is 6.97. The number of aryl methyl sites for hydroxylation is 1. The number of anilines is 1. The highest BCUT2D eigenvalue weighted by Gasteiger charge is 2.40. The minimum atomic E-state index is -1.22. The minimum Gasteiger partial charge on any atom is -0.468 e. The molecule has 0 saturated carbocycles. The van der Waals surface area contributed by atoms with Gasteiger partial charge in [-0.25, -0.2) is 4.98 Å². The first-order valence-corrected chi connectivity index (χ1v) is 13.1. The number of carbonyl (C=O) groups excluding carboxylic acids is 2. The zero-order chi connectivity index (χ0) is 25.1. The van der Waals surface area contributed by atoms with Gasteiger partial charge < -0.3 is 14.8 Å². The number of thiophene rings is 1. The zero-order valence-corrected chi connectivity index (χ0v) is 21.4. The van der Waals surface area contributed by atoms with Gasteiger partial charge in [-0.15, -0.1) is 11.3 Å². The molecule has 0 bridgehead atoms. The van der Waals surface area contributed by atoms with Crippen LogP contribution in [0.4, 0.5) is 5.13 Å². The van der Waals surface area contributed by atoms with Crippen LogP contribution in [0.2, 0.25) is 0 Å². The number of esters is 2. The number of aromatic nitrogens is 1. The number of nitrogens with one attached hydrogen (secondary N) is 1. The molecule has 0 spiro atoms. The fraction of sp³-hybridized carbons (Fsp3) is 0.179. The van der Waals surface area contributed by atoms with Crippen LogP contribution in [-0.4, -0.2) is 24.0 Å². The summed E-state index contributed by atoms with van der Waals surface area (Å²) in [5.41, 5.74) is 2.82. The first kappa shape index (κ1) is 24.0. The van der Waals surface area contributed by atoms with Crippen molar-refractivity contribution < 1.29 is 19.1 Å². The van der Waals surface area contributed by atoms with E-state index in [9.17, 15) is 9.59 Å². The average molecular weight is 517 g/mol. The van der Waals surface area contributed by atoms with Crippen LogP contribution in [0.1, 0.15) is 22.0 Å². The molecule has 0 radical (unpaired) electrons. The van der Waals surface area contributed by atoms with Crippen molar-refractivity contribution in [1.82, 2.24) is 4.98 Å². The number of nitrogens with zero attached hydrogens (tertiary/aromatic N) is 1. The fourth-order valence-electron chi connectivity index (χ4n) is 4.01. The lowest BCUT2D eigenvalue weighted by molar-refractivity contribution is -0.162. The third-order valence-corrected chi connectivity index (χ3v) is 7.99. The van der Waals surface area contributed by atoms with E-state index in [0.717, 1.165) is 36.3 Å².